The van der Waals surface area contributed by atoms with Crippen LogP contribution in [0.1, 0.15) is 27.2 Å². The monoisotopic (exact) mass is 131 g/mol. The van der Waals surface area contributed by atoms with Gasteiger partial charge in [0.05, 0.1) is 0 Å². The Morgan fingerprint density at radius 3 is 2.22 bits per heavy atom. The van der Waals surface area contributed by atoms with E-state index in [1.54, 1.807) is 0 Å². The lowest BCUT2D eigenvalue weighted by Crippen LogP contribution is -2.36. The first-order valence-electron chi connectivity index (χ1n) is 3.42. The first kappa shape index (κ1) is 8.92. The van der Waals surface area contributed by atoms with Gasteiger partial charge < -0.3 is 10.4 Å². The van der Waals surface area contributed by atoms with E-state index in [9.17, 15) is 0 Å². The standard InChI is InChI=1S/C7H17NO/c1-7(2,3)8-5-4-6-9/h8-9H,4-6H2,1-3H3. The first-order chi connectivity index (χ1) is 4.06. The van der Waals surface area contributed by atoms with Crippen LogP contribution >= 0.6 is 0 Å². The summed E-state index contributed by atoms with van der Waals surface area (Å²) < 4.78 is 0. The molecule has 2 N–H and O–H groups in total. The summed E-state index contributed by atoms with van der Waals surface area (Å²) in [6, 6.07) is 0. The highest BCUT2D eigenvalue weighted by molar-refractivity contribution is 4.69. The van der Waals surface area contributed by atoms with Crippen molar-refractivity contribution in [1.82, 2.24) is 5.32 Å². The molecule has 0 unspecified atom stereocenters. The van der Waals surface area contributed by atoms with E-state index in [0.717, 1.165) is 13.0 Å². The Bertz CT molecular complexity index is 65.8. The molecule has 0 saturated carbocycles. The lowest BCUT2D eigenvalue weighted by Gasteiger charge is -2.19. The fourth-order valence-electron chi connectivity index (χ4n) is 0.542. The van der Waals surface area contributed by atoms with Crippen molar-refractivity contribution in [2.45, 2.75) is 32.7 Å². The molecule has 0 radical (unpaired) electrons. The van der Waals surface area contributed by atoms with Gasteiger partial charge in [0.1, 0.15) is 0 Å². The Labute approximate surface area is 57.3 Å². The Morgan fingerprint density at radius 1 is 1.33 bits per heavy atom. The smallest absolute Gasteiger partial charge is 0.0443 e. The third-order valence-electron chi connectivity index (χ3n) is 0.990. The van der Waals surface area contributed by atoms with Gasteiger partial charge in [-0.05, 0) is 33.7 Å². The molecule has 56 valence electrons. The number of nitrogens with one attached hydrogen (secondary N) is 1. The molecule has 2 heteroatoms. The van der Waals surface area contributed by atoms with Crippen LogP contribution in [0.5, 0.6) is 0 Å². The number of rotatable bonds is 3. The van der Waals surface area contributed by atoms with Gasteiger partial charge in [-0.15, -0.1) is 0 Å². The molecular weight excluding hydrogens is 114 g/mol. The summed E-state index contributed by atoms with van der Waals surface area (Å²) in [6.07, 6.45) is 0.845. The SMILES string of the molecule is CC(C)(C)NCCCO. The highest BCUT2D eigenvalue weighted by atomic mass is 16.3. The lowest BCUT2D eigenvalue weighted by atomic mass is 10.1. The highest BCUT2D eigenvalue weighted by Crippen LogP contribution is 1.97. The van der Waals surface area contributed by atoms with Crippen molar-refractivity contribution in [3.8, 4) is 0 Å². The normalized spacial score (nSPS) is 12.0. The van der Waals surface area contributed by atoms with Crippen LogP contribution in [-0.4, -0.2) is 23.8 Å². The van der Waals surface area contributed by atoms with E-state index < -0.39 is 0 Å². The molecule has 0 rings (SSSR count). The number of aliphatic hydroxyl groups excluding tert-OH is 1. The van der Waals surface area contributed by atoms with Crippen LogP contribution in [0.15, 0.2) is 0 Å². The summed E-state index contributed by atoms with van der Waals surface area (Å²) >= 11 is 0. The van der Waals surface area contributed by atoms with Crippen LogP contribution in [0.3, 0.4) is 0 Å². The Morgan fingerprint density at radius 2 is 1.89 bits per heavy atom. The van der Waals surface area contributed by atoms with Gasteiger partial charge in [0.2, 0.25) is 0 Å². The number of aliphatic hydroxyl groups is 1. The van der Waals surface area contributed by atoms with E-state index in [2.05, 4.69) is 26.1 Å². The molecule has 0 aliphatic heterocycles. The molecule has 0 fully saturated rings. The summed E-state index contributed by atoms with van der Waals surface area (Å²) in [7, 11) is 0. The molecule has 0 aromatic heterocycles. The average molecular weight is 131 g/mol. The molecule has 0 atom stereocenters. The third kappa shape index (κ3) is 7.92. The predicted octanol–water partition coefficient (Wildman–Crippen LogP) is 0.757. The van der Waals surface area contributed by atoms with Gasteiger partial charge in [-0.1, -0.05) is 0 Å². The van der Waals surface area contributed by atoms with Crippen LogP contribution in [-0.2, 0) is 0 Å². The minimum Gasteiger partial charge on any atom is -0.396 e. The van der Waals surface area contributed by atoms with E-state index >= 15 is 0 Å². The van der Waals surface area contributed by atoms with Crippen molar-refractivity contribution in [3.05, 3.63) is 0 Å². The molecule has 0 amide bonds. The van der Waals surface area contributed by atoms with E-state index in [0.29, 0.717) is 0 Å². The second-order valence-corrected chi connectivity index (χ2v) is 3.25. The molecular formula is C7H17NO. The summed E-state index contributed by atoms with van der Waals surface area (Å²) in [5, 5.41) is 11.7. The van der Waals surface area contributed by atoms with Crippen LogP contribution in [0, 0.1) is 0 Å². The van der Waals surface area contributed by atoms with Crippen LogP contribution in [0.25, 0.3) is 0 Å². The molecule has 0 bridgehead atoms. The molecule has 0 aliphatic rings. The maximum atomic E-state index is 8.42. The van der Waals surface area contributed by atoms with Crippen molar-refractivity contribution in [2.24, 2.45) is 0 Å². The minimum absolute atomic E-state index is 0.190. The second kappa shape index (κ2) is 3.85. The zero-order chi connectivity index (χ0) is 7.33. The zero-order valence-electron chi connectivity index (χ0n) is 6.57. The van der Waals surface area contributed by atoms with Crippen molar-refractivity contribution >= 4 is 0 Å². The molecule has 0 aromatic carbocycles. The summed E-state index contributed by atoms with van der Waals surface area (Å²) in [5.41, 5.74) is 0.190. The van der Waals surface area contributed by atoms with E-state index in [1.807, 2.05) is 0 Å². The molecule has 0 aliphatic carbocycles. The molecule has 0 heterocycles. The Balaban J connectivity index is 3.07. The van der Waals surface area contributed by atoms with E-state index in [4.69, 9.17) is 5.11 Å². The van der Waals surface area contributed by atoms with Crippen LogP contribution in [0.4, 0.5) is 0 Å². The molecule has 0 spiro atoms. The van der Waals surface area contributed by atoms with Crippen LogP contribution < -0.4 is 5.32 Å². The summed E-state index contributed by atoms with van der Waals surface area (Å²) in [4.78, 5) is 0. The highest BCUT2D eigenvalue weighted by Gasteiger charge is 2.06. The van der Waals surface area contributed by atoms with E-state index in [1.165, 1.54) is 0 Å². The maximum Gasteiger partial charge on any atom is 0.0443 e. The molecule has 2 nitrogen and oxygen atoms in total. The molecule has 0 saturated heterocycles. The summed E-state index contributed by atoms with van der Waals surface area (Å²) in [5.74, 6) is 0. The number of hydrogen-bond acceptors (Lipinski definition) is 2. The third-order valence-corrected chi connectivity index (χ3v) is 0.990. The Kier molecular flexibility index (Phi) is 3.82. The van der Waals surface area contributed by atoms with Gasteiger partial charge in [-0.2, -0.15) is 0 Å². The summed E-state index contributed by atoms with van der Waals surface area (Å²) in [6.45, 7) is 7.53. The second-order valence-electron chi connectivity index (χ2n) is 3.25. The molecule has 0 aromatic rings. The van der Waals surface area contributed by atoms with Gasteiger partial charge in [0.15, 0.2) is 0 Å². The van der Waals surface area contributed by atoms with Crippen molar-refractivity contribution < 1.29 is 5.11 Å². The van der Waals surface area contributed by atoms with Gasteiger partial charge in [-0.25, -0.2) is 0 Å². The van der Waals surface area contributed by atoms with Crippen molar-refractivity contribution in [3.63, 3.8) is 0 Å². The Hall–Kier alpha value is -0.0800. The lowest BCUT2D eigenvalue weighted by molar-refractivity contribution is 0.278. The minimum atomic E-state index is 0.190. The fourth-order valence-corrected chi connectivity index (χ4v) is 0.542. The van der Waals surface area contributed by atoms with E-state index in [-0.39, 0.29) is 12.1 Å². The van der Waals surface area contributed by atoms with Gasteiger partial charge in [0, 0.05) is 12.1 Å². The quantitative estimate of drug-likeness (QED) is 0.554. The fraction of sp³-hybridized carbons (Fsp3) is 1.00. The average Bonchev–Trinajstić information content (AvgIpc) is 1.63. The molecule has 9 heavy (non-hydrogen) atoms. The van der Waals surface area contributed by atoms with Gasteiger partial charge in [-0.3, -0.25) is 0 Å². The predicted molar refractivity (Wildman–Crippen MR) is 39.5 cm³/mol. The van der Waals surface area contributed by atoms with Gasteiger partial charge >= 0.3 is 0 Å². The van der Waals surface area contributed by atoms with Crippen molar-refractivity contribution in [2.75, 3.05) is 13.2 Å². The zero-order valence-corrected chi connectivity index (χ0v) is 6.57. The topological polar surface area (TPSA) is 32.3 Å². The maximum absolute atomic E-state index is 8.42. The van der Waals surface area contributed by atoms with Crippen LogP contribution in [0.2, 0.25) is 0 Å². The van der Waals surface area contributed by atoms with Gasteiger partial charge in [0.25, 0.3) is 0 Å². The van der Waals surface area contributed by atoms with Crippen molar-refractivity contribution in [1.29, 1.82) is 0 Å². The first-order valence-corrected chi connectivity index (χ1v) is 3.42. The number of hydrogen-bond donors (Lipinski definition) is 2. The largest absolute Gasteiger partial charge is 0.396 e.